The van der Waals surface area contributed by atoms with Gasteiger partial charge in [0.1, 0.15) is 5.75 Å². The summed E-state index contributed by atoms with van der Waals surface area (Å²) in [5.74, 6) is 0.677. The molecule has 2 aromatic rings. The second-order valence-corrected chi connectivity index (χ2v) is 6.64. The first-order valence-corrected chi connectivity index (χ1v) is 8.57. The van der Waals surface area contributed by atoms with Crippen LogP contribution in [0.15, 0.2) is 46.9 Å². The molecular weight excluding hydrogens is 382 g/mol. The van der Waals surface area contributed by atoms with E-state index in [4.69, 9.17) is 10.00 Å². The summed E-state index contributed by atoms with van der Waals surface area (Å²) in [6, 6.07) is 14.3. The van der Waals surface area contributed by atoms with Crippen molar-refractivity contribution < 1.29 is 9.53 Å². The number of carbonyl (C=O) groups is 1. The standard InChI is InChI=1S/C19H20BrN3O2/c1-13(19(24)22-17-7-4-14(11-21)5-8-17)23(2)12-15-10-16(20)6-9-18(15)25-3/h4-10,13H,12H2,1-3H3,(H,22,24)/t13-/m0/s1. The SMILES string of the molecule is COc1ccc(Br)cc1CN(C)[C@@H](C)C(=O)Nc1ccc(C#N)cc1. The van der Waals surface area contributed by atoms with Crippen molar-refractivity contribution >= 4 is 27.5 Å². The number of rotatable bonds is 6. The normalized spacial score (nSPS) is 11.7. The third-order valence-corrected chi connectivity index (χ3v) is 4.48. The van der Waals surface area contributed by atoms with Crippen LogP contribution >= 0.6 is 15.9 Å². The molecule has 5 nitrogen and oxygen atoms in total. The maximum atomic E-state index is 12.5. The Kier molecular flexibility index (Phi) is 6.57. The van der Waals surface area contributed by atoms with Crippen LogP contribution in [0, 0.1) is 11.3 Å². The predicted molar refractivity (Wildman–Crippen MR) is 101 cm³/mol. The maximum absolute atomic E-state index is 12.5. The van der Waals surface area contributed by atoms with Gasteiger partial charge in [-0.25, -0.2) is 0 Å². The first kappa shape index (κ1) is 19.0. The minimum Gasteiger partial charge on any atom is -0.496 e. The number of anilines is 1. The molecule has 0 saturated heterocycles. The molecule has 6 heteroatoms. The Morgan fingerprint density at radius 1 is 1.32 bits per heavy atom. The number of hydrogen-bond acceptors (Lipinski definition) is 4. The fourth-order valence-corrected chi connectivity index (χ4v) is 2.76. The van der Waals surface area contributed by atoms with Crippen LogP contribution in [-0.4, -0.2) is 31.0 Å². The zero-order valence-corrected chi connectivity index (χ0v) is 16.0. The van der Waals surface area contributed by atoms with Crippen LogP contribution < -0.4 is 10.1 Å². The number of carbonyl (C=O) groups excluding carboxylic acids is 1. The molecule has 0 aliphatic heterocycles. The molecule has 1 atom stereocenters. The Balaban J connectivity index is 2.03. The lowest BCUT2D eigenvalue weighted by Crippen LogP contribution is -2.39. The van der Waals surface area contributed by atoms with E-state index in [1.54, 1.807) is 31.4 Å². The Hall–Kier alpha value is -2.36. The number of nitrogens with zero attached hydrogens (tertiary/aromatic N) is 2. The van der Waals surface area contributed by atoms with E-state index in [1.807, 2.05) is 37.1 Å². The Morgan fingerprint density at radius 2 is 2.00 bits per heavy atom. The van der Waals surface area contributed by atoms with Crippen molar-refractivity contribution in [2.45, 2.75) is 19.5 Å². The van der Waals surface area contributed by atoms with Gasteiger partial charge in [-0.1, -0.05) is 15.9 Å². The molecule has 2 aromatic carbocycles. The summed E-state index contributed by atoms with van der Waals surface area (Å²) >= 11 is 3.46. The van der Waals surface area contributed by atoms with E-state index < -0.39 is 0 Å². The maximum Gasteiger partial charge on any atom is 0.241 e. The minimum absolute atomic E-state index is 0.110. The van der Waals surface area contributed by atoms with Gasteiger partial charge < -0.3 is 10.1 Å². The Morgan fingerprint density at radius 3 is 2.60 bits per heavy atom. The van der Waals surface area contributed by atoms with E-state index in [1.165, 1.54) is 0 Å². The molecule has 1 amide bonds. The van der Waals surface area contributed by atoms with Crippen molar-refractivity contribution in [2.24, 2.45) is 0 Å². The van der Waals surface area contributed by atoms with E-state index in [0.29, 0.717) is 17.8 Å². The molecule has 130 valence electrons. The number of nitrogens with one attached hydrogen (secondary N) is 1. The topological polar surface area (TPSA) is 65.4 Å². The van der Waals surface area contributed by atoms with Gasteiger partial charge in [-0.15, -0.1) is 0 Å². The van der Waals surface area contributed by atoms with Gasteiger partial charge in [0, 0.05) is 22.3 Å². The number of likely N-dealkylation sites (N-methyl/N-ethyl adjacent to an activating group) is 1. The highest BCUT2D eigenvalue weighted by Gasteiger charge is 2.19. The number of ether oxygens (including phenoxy) is 1. The van der Waals surface area contributed by atoms with Gasteiger partial charge in [0.15, 0.2) is 0 Å². The summed E-state index contributed by atoms with van der Waals surface area (Å²) in [5, 5.41) is 11.7. The number of benzene rings is 2. The van der Waals surface area contributed by atoms with Crippen LogP contribution in [0.4, 0.5) is 5.69 Å². The summed E-state index contributed by atoms with van der Waals surface area (Å²) < 4.78 is 6.35. The Bertz CT molecular complexity index is 784. The first-order chi connectivity index (χ1) is 11.9. The van der Waals surface area contributed by atoms with E-state index in [0.717, 1.165) is 15.8 Å². The van der Waals surface area contributed by atoms with E-state index in [2.05, 4.69) is 27.3 Å². The van der Waals surface area contributed by atoms with Gasteiger partial charge in [0.05, 0.1) is 24.8 Å². The second-order valence-electron chi connectivity index (χ2n) is 5.73. The summed E-state index contributed by atoms with van der Waals surface area (Å²) in [5.41, 5.74) is 2.23. The van der Waals surface area contributed by atoms with Crippen LogP contribution in [-0.2, 0) is 11.3 Å². The van der Waals surface area contributed by atoms with E-state index in [9.17, 15) is 4.79 Å². The zero-order chi connectivity index (χ0) is 18.4. The fraction of sp³-hybridized carbons (Fsp3) is 0.263. The van der Waals surface area contributed by atoms with Gasteiger partial charge >= 0.3 is 0 Å². The number of amides is 1. The van der Waals surface area contributed by atoms with Crippen LogP contribution in [0.5, 0.6) is 5.75 Å². The van der Waals surface area contributed by atoms with Crippen molar-refractivity contribution in [3.8, 4) is 11.8 Å². The van der Waals surface area contributed by atoms with Crippen LogP contribution in [0.1, 0.15) is 18.1 Å². The quantitative estimate of drug-likeness (QED) is 0.799. The Labute approximate surface area is 156 Å². The van der Waals surface area contributed by atoms with Crippen molar-refractivity contribution in [1.82, 2.24) is 4.90 Å². The highest BCUT2D eigenvalue weighted by Crippen LogP contribution is 2.24. The highest BCUT2D eigenvalue weighted by molar-refractivity contribution is 9.10. The molecule has 0 aromatic heterocycles. The fourth-order valence-electron chi connectivity index (χ4n) is 2.35. The van der Waals surface area contributed by atoms with Crippen LogP contribution in [0.3, 0.4) is 0 Å². The lowest BCUT2D eigenvalue weighted by atomic mass is 10.1. The summed E-state index contributed by atoms with van der Waals surface area (Å²) in [7, 11) is 3.52. The van der Waals surface area contributed by atoms with Crippen LogP contribution in [0.25, 0.3) is 0 Å². The molecule has 2 rings (SSSR count). The molecule has 0 aliphatic rings. The number of methoxy groups -OCH3 is 1. The number of hydrogen-bond donors (Lipinski definition) is 1. The summed E-state index contributed by atoms with van der Waals surface area (Å²) in [6.07, 6.45) is 0. The molecule has 0 bridgehead atoms. The molecule has 0 aliphatic carbocycles. The third-order valence-electron chi connectivity index (χ3n) is 3.98. The van der Waals surface area contributed by atoms with Crippen molar-refractivity contribution in [3.63, 3.8) is 0 Å². The van der Waals surface area contributed by atoms with Gasteiger partial charge in [-0.05, 0) is 56.4 Å². The average molecular weight is 402 g/mol. The molecule has 1 N–H and O–H groups in total. The molecule has 0 unspecified atom stereocenters. The number of halogens is 1. The highest BCUT2D eigenvalue weighted by atomic mass is 79.9. The minimum atomic E-state index is -0.334. The molecule has 0 spiro atoms. The average Bonchev–Trinajstić information content (AvgIpc) is 2.61. The van der Waals surface area contributed by atoms with Gasteiger partial charge in [0.25, 0.3) is 0 Å². The van der Waals surface area contributed by atoms with Crippen molar-refractivity contribution in [3.05, 3.63) is 58.1 Å². The lowest BCUT2D eigenvalue weighted by Gasteiger charge is -2.24. The molecule has 0 fully saturated rings. The number of nitriles is 1. The molecular formula is C19H20BrN3O2. The lowest BCUT2D eigenvalue weighted by molar-refractivity contribution is -0.120. The monoisotopic (exact) mass is 401 g/mol. The second kappa shape index (κ2) is 8.65. The third kappa shape index (κ3) is 5.05. The predicted octanol–water partition coefficient (Wildman–Crippen LogP) is 3.79. The summed E-state index contributed by atoms with van der Waals surface area (Å²) in [4.78, 5) is 14.4. The summed E-state index contributed by atoms with van der Waals surface area (Å²) in [6.45, 7) is 2.42. The molecule has 0 heterocycles. The zero-order valence-electron chi connectivity index (χ0n) is 14.4. The smallest absolute Gasteiger partial charge is 0.241 e. The largest absolute Gasteiger partial charge is 0.496 e. The van der Waals surface area contributed by atoms with Crippen LogP contribution in [0.2, 0.25) is 0 Å². The molecule has 25 heavy (non-hydrogen) atoms. The van der Waals surface area contributed by atoms with Gasteiger partial charge in [0.2, 0.25) is 5.91 Å². The van der Waals surface area contributed by atoms with Crippen molar-refractivity contribution in [2.75, 3.05) is 19.5 Å². The van der Waals surface area contributed by atoms with Gasteiger partial charge in [-0.3, -0.25) is 9.69 Å². The first-order valence-electron chi connectivity index (χ1n) is 7.78. The molecule has 0 radical (unpaired) electrons. The van der Waals surface area contributed by atoms with Gasteiger partial charge in [-0.2, -0.15) is 5.26 Å². The van der Waals surface area contributed by atoms with E-state index in [-0.39, 0.29) is 11.9 Å². The molecule has 0 saturated carbocycles. The van der Waals surface area contributed by atoms with Crippen molar-refractivity contribution in [1.29, 1.82) is 5.26 Å². The van der Waals surface area contributed by atoms with E-state index >= 15 is 0 Å².